The van der Waals surface area contributed by atoms with E-state index >= 15 is 0 Å². The molecular weight excluding hydrogens is 254 g/mol. The summed E-state index contributed by atoms with van der Waals surface area (Å²) >= 11 is 0. The Kier molecular flexibility index (Phi) is 3.60. The van der Waals surface area contributed by atoms with E-state index in [4.69, 9.17) is 23.7 Å². The third-order valence-electron chi connectivity index (χ3n) is 2.45. The molecule has 8 nitrogen and oxygen atoms in total. The largest absolute Gasteiger partial charge is 0.464 e. The summed E-state index contributed by atoms with van der Waals surface area (Å²) in [5, 5.41) is 0. The average molecular weight is 269 g/mol. The highest BCUT2D eigenvalue weighted by atomic mass is 16.6. The molecule has 8 heteroatoms. The quantitative estimate of drug-likeness (QED) is 0.600. The van der Waals surface area contributed by atoms with Crippen molar-refractivity contribution in [3.8, 4) is 18.0 Å². The minimum atomic E-state index is 0.136. The lowest BCUT2D eigenvalue weighted by Gasteiger charge is -2.07. The average Bonchev–Trinajstić information content (AvgIpc) is 3.28. The van der Waals surface area contributed by atoms with Crippen molar-refractivity contribution in [1.29, 1.82) is 0 Å². The molecule has 3 heterocycles. The zero-order valence-corrected chi connectivity index (χ0v) is 10.6. The van der Waals surface area contributed by atoms with Crippen LogP contribution in [0, 0.1) is 0 Å². The van der Waals surface area contributed by atoms with E-state index in [9.17, 15) is 0 Å². The Balaban J connectivity index is 1.64. The summed E-state index contributed by atoms with van der Waals surface area (Å²) in [6, 6.07) is 0.553. The van der Waals surface area contributed by atoms with E-state index < -0.39 is 0 Å². The van der Waals surface area contributed by atoms with E-state index in [0.717, 1.165) is 0 Å². The van der Waals surface area contributed by atoms with E-state index in [-0.39, 0.29) is 30.2 Å². The van der Waals surface area contributed by atoms with Crippen molar-refractivity contribution in [2.24, 2.45) is 0 Å². The van der Waals surface area contributed by atoms with Gasteiger partial charge in [0.1, 0.15) is 25.4 Å². The first kappa shape index (κ1) is 12.4. The normalized spacial score (nSPS) is 23.8. The molecule has 2 unspecified atom stereocenters. The first-order valence-electron chi connectivity index (χ1n) is 6.21. The van der Waals surface area contributed by atoms with Crippen molar-refractivity contribution in [1.82, 2.24) is 15.0 Å². The Morgan fingerprint density at radius 1 is 0.895 bits per heavy atom. The van der Waals surface area contributed by atoms with Crippen LogP contribution in [0.4, 0.5) is 0 Å². The maximum atomic E-state index is 5.40. The molecule has 19 heavy (non-hydrogen) atoms. The number of hydrogen-bond acceptors (Lipinski definition) is 8. The lowest BCUT2D eigenvalue weighted by molar-refractivity contribution is 0.213. The fourth-order valence-corrected chi connectivity index (χ4v) is 1.31. The van der Waals surface area contributed by atoms with Crippen molar-refractivity contribution in [3.05, 3.63) is 0 Å². The van der Waals surface area contributed by atoms with Gasteiger partial charge in [0.25, 0.3) is 0 Å². The summed E-state index contributed by atoms with van der Waals surface area (Å²) in [4.78, 5) is 12.1. The van der Waals surface area contributed by atoms with Crippen LogP contribution < -0.4 is 14.2 Å². The zero-order chi connectivity index (χ0) is 13.1. The highest BCUT2D eigenvalue weighted by Gasteiger charge is 2.25. The molecule has 2 aliphatic rings. The van der Waals surface area contributed by atoms with Crippen molar-refractivity contribution in [2.75, 3.05) is 33.0 Å². The topological polar surface area (TPSA) is 91.4 Å². The molecule has 2 saturated heterocycles. The number of ether oxygens (including phenoxy) is 5. The highest BCUT2D eigenvalue weighted by Crippen LogP contribution is 2.18. The third kappa shape index (κ3) is 3.90. The van der Waals surface area contributed by atoms with Crippen LogP contribution in [0.25, 0.3) is 0 Å². The van der Waals surface area contributed by atoms with Gasteiger partial charge in [0.15, 0.2) is 0 Å². The first-order valence-corrected chi connectivity index (χ1v) is 6.21. The van der Waals surface area contributed by atoms with E-state index in [1.54, 1.807) is 0 Å². The fraction of sp³-hybridized carbons (Fsp3) is 0.727. The summed E-state index contributed by atoms with van der Waals surface area (Å²) in [6.07, 6.45) is 0.271. The fourth-order valence-electron chi connectivity index (χ4n) is 1.31. The smallest absolute Gasteiger partial charge is 0.325 e. The SMILES string of the molecule is CCOc1nc(OCC2CO2)nc(OCC2CO2)n1. The maximum Gasteiger partial charge on any atom is 0.325 e. The van der Waals surface area contributed by atoms with E-state index in [1.165, 1.54) is 0 Å². The molecule has 0 aliphatic carbocycles. The predicted molar refractivity (Wildman–Crippen MR) is 61.5 cm³/mol. The van der Waals surface area contributed by atoms with Gasteiger partial charge in [-0.25, -0.2) is 0 Å². The molecule has 0 saturated carbocycles. The summed E-state index contributed by atoms with van der Waals surface area (Å²) in [5.74, 6) is 0. The van der Waals surface area contributed by atoms with Crippen LogP contribution in [0.15, 0.2) is 0 Å². The maximum absolute atomic E-state index is 5.40. The Hall–Kier alpha value is -1.67. The van der Waals surface area contributed by atoms with Crippen LogP contribution in [0.3, 0.4) is 0 Å². The van der Waals surface area contributed by atoms with E-state index in [1.807, 2.05) is 6.92 Å². The minimum Gasteiger partial charge on any atom is -0.464 e. The van der Waals surface area contributed by atoms with Crippen LogP contribution in [0.1, 0.15) is 6.92 Å². The Morgan fingerprint density at radius 2 is 1.32 bits per heavy atom. The molecular formula is C11H15N3O5. The molecule has 1 aromatic rings. The second kappa shape index (κ2) is 5.54. The molecule has 3 rings (SSSR count). The van der Waals surface area contributed by atoms with Gasteiger partial charge in [-0.05, 0) is 6.92 Å². The van der Waals surface area contributed by atoms with Gasteiger partial charge in [0.05, 0.1) is 19.8 Å². The lowest BCUT2D eigenvalue weighted by Crippen LogP contribution is -2.12. The lowest BCUT2D eigenvalue weighted by atomic mass is 10.5. The van der Waals surface area contributed by atoms with Crippen LogP contribution in [0.2, 0.25) is 0 Å². The van der Waals surface area contributed by atoms with Gasteiger partial charge in [-0.1, -0.05) is 0 Å². The molecule has 0 amide bonds. The van der Waals surface area contributed by atoms with Gasteiger partial charge in [-0.3, -0.25) is 0 Å². The van der Waals surface area contributed by atoms with Crippen molar-refractivity contribution in [3.63, 3.8) is 0 Å². The highest BCUT2D eigenvalue weighted by molar-refractivity contribution is 5.09. The summed E-state index contributed by atoms with van der Waals surface area (Å²) in [7, 11) is 0. The van der Waals surface area contributed by atoms with Crippen LogP contribution >= 0.6 is 0 Å². The molecule has 0 radical (unpaired) electrons. The number of aromatic nitrogens is 3. The third-order valence-corrected chi connectivity index (χ3v) is 2.45. The molecule has 2 atom stereocenters. The van der Waals surface area contributed by atoms with Crippen LogP contribution in [-0.4, -0.2) is 60.2 Å². The summed E-state index contributed by atoms with van der Waals surface area (Å²) in [5.41, 5.74) is 0. The first-order chi connectivity index (χ1) is 9.33. The molecule has 0 N–H and O–H groups in total. The second-order valence-electron chi connectivity index (χ2n) is 4.15. The Labute approximate surface area is 110 Å². The van der Waals surface area contributed by atoms with Gasteiger partial charge in [0.2, 0.25) is 0 Å². The van der Waals surface area contributed by atoms with Gasteiger partial charge in [-0.2, -0.15) is 0 Å². The number of epoxide rings is 2. The Morgan fingerprint density at radius 3 is 1.68 bits per heavy atom. The van der Waals surface area contributed by atoms with Crippen LogP contribution in [0.5, 0.6) is 18.0 Å². The minimum absolute atomic E-state index is 0.136. The standard InChI is InChI=1S/C11H15N3O5/c1-2-15-9-12-10(18-5-7-3-16-7)14-11(13-9)19-6-8-4-17-8/h7-8H,2-6H2,1H3. The van der Waals surface area contributed by atoms with Crippen molar-refractivity contribution >= 4 is 0 Å². The van der Waals surface area contributed by atoms with E-state index in [2.05, 4.69) is 15.0 Å². The van der Waals surface area contributed by atoms with Crippen LogP contribution in [-0.2, 0) is 9.47 Å². The number of hydrogen-bond donors (Lipinski definition) is 0. The molecule has 104 valence electrons. The molecule has 0 aromatic carbocycles. The van der Waals surface area contributed by atoms with Crippen molar-refractivity contribution < 1.29 is 23.7 Å². The molecule has 0 spiro atoms. The molecule has 1 aromatic heterocycles. The predicted octanol–water partition coefficient (Wildman–Crippen LogP) is -0.175. The number of nitrogens with zero attached hydrogens (tertiary/aromatic N) is 3. The second-order valence-corrected chi connectivity index (χ2v) is 4.15. The van der Waals surface area contributed by atoms with Gasteiger partial charge >= 0.3 is 18.0 Å². The van der Waals surface area contributed by atoms with Gasteiger partial charge < -0.3 is 23.7 Å². The molecule has 2 aliphatic heterocycles. The van der Waals surface area contributed by atoms with Gasteiger partial charge in [0, 0.05) is 0 Å². The van der Waals surface area contributed by atoms with Crippen molar-refractivity contribution in [2.45, 2.75) is 19.1 Å². The molecule has 0 bridgehead atoms. The monoisotopic (exact) mass is 269 g/mol. The van der Waals surface area contributed by atoms with E-state index in [0.29, 0.717) is 33.0 Å². The summed E-state index contributed by atoms with van der Waals surface area (Å²) in [6.45, 7) is 4.57. The number of rotatable bonds is 8. The summed E-state index contributed by atoms with van der Waals surface area (Å²) < 4.78 is 26.2. The Bertz CT molecular complexity index is 402. The zero-order valence-electron chi connectivity index (χ0n) is 10.6. The molecule has 2 fully saturated rings. The van der Waals surface area contributed by atoms with Gasteiger partial charge in [-0.15, -0.1) is 15.0 Å².